The van der Waals surface area contributed by atoms with Crippen LogP contribution in [0.1, 0.15) is 28.5 Å². The standard InChI is InChI=1S/C16H17NO3/c1-19-16-6-10-2-4-17-9-11-3-5-20-15(11)8-13(17)12(10)7-14(16)18/h3,5-7,13,18H,2,4,8-9H2,1H3. The molecule has 104 valence electrons. The molecule has 0 saturated carbocycles. The van der Waals surface area contributed by atoms with E-state index in [4.69, 9.17) is 9.15 Å². The Bertz CT molecular complexity index is 662. The van der Waals surface area contributed by atoms with Gasteiger partial charge < -0.3 is 14.3 Å². The van der Waals surface area contributed by atoms with Crippen molar-refractivity contribution < 1.29 is 14.3 Å². The second-order valence-corrected chi connectivity index (χ2v) is 5.53. The number of benzene rings is 1. The molecule has 0 radical (unpaired) electrons. The zero-order valence-electron chi connectivity index (χ0n) is 11.4. The van der Waals surface area contributed by atoms with Crippen molar-refractivity contribution in [1.82, 2.24) is 4.90 Å². The summed E-state index contributed by atoms with van der Waals surface area (Å²) in [6, 6.07) is 6.19. The fourth-order valence-electron chi connectivity index (χ4n) is 3.44. The molecule has 4 rings (SSSR count). The van der Waals surface area contributed by atoms with Crippen LogP contribution in [0, 0.1) is 0 Å². The Morgan fingerprint density at radius 2 is 2.25 bits per heavy atom. The molecule has 0 saturated heterocycles. The number of methoxy groups -OCH3 is 1. The summed E-state index contributed by atoms with van der Waals surface area (Å²) in [6.45, 7) is 1.97. The number of hydrogen-bond donors (Lipinski definition) is 1. The molecular weight excluding hydrogens is 254 g/mol. The molecule has 0 amide bonds. The molecule has 1 aromatic heterocycles. The van der Waals surface area contributed by atoms with Gasteiger partial charge in [-0.3, -0.25) is 4.90 Å². The highest BCUT2D eigenvalue weighted by atomic mass is 16.5. The van der Waals surface area contributed by atoms with Crippen molar-refractivity contribution >= 4 is 0 Å². The molecule has 2 aromatic rings. The predicted octanol–water partition coefficient (Wildman–Crippen LogP) is 2.65. The molecule has 1 atom stereocenters. The van der Waals surface area contributed by atoms with Gasteiger partial charge in [0.2, 0.25) is 0 Å². The van der Waals surface area contributed by atoms with Crippen molar-refractivity contribution in [2.24, 2.45) is 0 Å². The number of aromatic hydroxyl groups is 1. The third-order valence-corrected chi connectivity index (χ3v) is 4.50. The summed E-state index contributed by atoms with van der Waals surface area (Å²) in [5, 5.41) is 10.0. The zero-order chi connectivity index (χ0) is 13.7. The Labute approximate surface area is 117 Å². The van der Waals surface area contributed by atoms with Gasteiger partial charge in [-0.2, -0.15) is 0 Å². The number of rotatable bonds is 1. The minimum Gasteiger partial charge on any atom is -0.504 e. The Kier molecular flexibility index (Phi) is 2.54. The Morgan fingerprint density at radius 1 is 1.35 bits per heavy atom. The molecule has 3 heterocycles. The highest BCUT2D eigenvalue weighted by molar-refractivity contribution is 5.49. The van der Waals surface area contributed by atoms with Gasteiger partial charge in [-0.15, -0.1) is 0 Å². The van der Waals surface area contributed by atoms with Gasteiger partial charge in [0.05, 0.1) is 13.4 Å². The first-order valence-corrected chi connectivity index (χ1v) is 6.95. The normalized spacial score (nSPS) is 20.9. The van der Waals surface area contributed by atoms with Gasteiger partial charge in [0, 0.05) is 31.1 Å². The first-order chi connectivity index (χ1) is 9.76. The quantitative estimate of drug-likeness (QED) is 0.866. The molecule has 2 aliphatic heterocycles. The van der Waals surface area contributed by atoms with E-state index < -0.39 is 0 Å². The summed E-state index contributed by atoms with van der Waals surface area (Å²) in [7, 11) is 1.59. The highest BCUT2D eigenvalue weighted by Gasteiger charge is 2.34. The maximum atomic E-state index is 10.0. The van der Waals surface area contributed by atoms with Crippen molar-refractivity contribution in [3.8, 4) is 11.5 Å². The molecule has 1 aromatic carbocycles. The number of nitrogens with zero attached hydrogens (tertiary/aromatic N) is 1. The first kappa shape index (κ1) is 11.9. The highest BCUT2D eigenvalue weighted by Crippen LogP contribution is 2.42. The molecule has 0 bridgehead atoms. The molecule has 20 heavy (non-hydrogen) atoms. The van der Waals surface area contributed by atoms with Gasteiger partial charge in [0.1, 0.15) is 5.76 Å². The predicted molar refractivity (Wildman–Crippen MR) is 73.9 cm³/mol. The smallest absolute Gasteiger partial charge is 0.160 e. The van der Waals surface area contributed by atoms with Crippen molar-refractivity contribution in [1.29, 1.82) is 0 Å². The number of hydrogen-bond acceptors (Lipinski definition) is 4. The van der Waals surface area contributed by atoms with E-state index in [-0.39, 0.29) is 5.75 Å². The summed E-state index contributed by atoms with van der Waals surface area (Å²) in [4.78, 5) is 2.46. The van der Waals surface area contributed by atoms with Gasteiger partial charge in [0.15, 0.2) is 11.5 Å². The van der Waals surface area contributed by atoms with Crippen LogP contribution in [-0.2, 0) is 19.4 Å². The number of phenolic OH excluding ortho intramolecular Hbond substituents is 1. The van der Waals surface area contributed by atoms with E-state index in [2.05, 4.69) is 11.0 Å². The Hall–Kier alpha value is -1.94. The topological polar surface area (TPSA) is 45.8 Å². The van der Waals surface area contributed by atoms with Crippen LogP contribution in [0.4, 0.5) is 0 Å². The Morgan fingerprint density at radius 3 is 3.10 bits per heavy atom. The minimum absolute atomic E-state index is 0.221. The van der Waals surface area contributed by atoms with Crippen LogP contribution in [0.2, 0.25) is 0 Å². The van der Waals surface area contributed by atoms with Crippen molar-refractivity contribution in [3.63, 3.8) is 0 Å². The average molecular weight is 271 g/mol. The molecule has 0 aliphatic carbocycles. The molecule has 1 N–H and O–H groups in total. The monoisotopic (exact) mass is 271 g/mol. The van der Waals surface area contributed by atoms with Crippen LogP contribution in [0.25, 0.3) is 0 Å². The zero-order valence-corrected chi connectivity index (χ0v) is 11.4. The number of phenols is 1. The number of furan rings is 1. The van der Waals surface area contributed by atoms with Crippen LogP contribution >= 0.6 is 0 Å². The summed E-state index contributed by atoms with van der Waals surface area (Å²) >= 11 is 0. The summed E-state index contributed by atoms with van der Waals surface area (Å²) in [5.74, 6) is 1.86. The second-order valence-electron chi connectivity index (χ2n) is 5.53. The third-order valence-electron chi connectivity index (χ3n) is 4.50. The van der Waals surface area contributed by atoms with Crippen LogP contribution in [0.3, 0.4) is 0 Å². The number of fused-ring (bicyclic) bond motifs is 4. The summed E-state index contributed by atoms with van der Waals surface area (Å²) in [6.07, 6.45) is 3.65. The van der Waals surface area contributed by atoms with Crippen LogP contribution < -0.4 is 4.74 Å². The lowest BCUT2D eigenvalue weighted by Gasteiger charge is -2.40. The molecule has 4 heteroatoms. The van der Waals surface area contributed by atoms with Gasteiger partial charge in [-0.25, -0.2) is 0 Å². The average Bonchev–Trinajstić information content (AvgIpc) is 2.91. The van der Waals surface area contributed by atoms with Gasteiger partial charge in [-0.05, 0) is 35.7 Å². The fraction of sp³-hybridized carbons (Fsp3) is 0.375. The fourth-order valence-corrected chi connectivity index (χ4v) is 3.44. The molecule has 1 unspecified atom stereocenters. The second kappa shape index (κ2) is 4.28. The number of ether oxygens (including phenoxy) is 1. The first-order valence-electron chi connectivity index (χ1n) is 6.95. The van der Waals surface area contributed by atoms with Crippen LogP contribution in [0.15, 0.2) is 28.9 Å². The Balaban J connectivity index is 1.78. The van der Waals surface area contributed by atoms with Crippen molar-refractivity contribution in [2.45, 2.75) is 25.4 Å². The molecular formula is C16H17NO3. The van der Waals surface area contributed by atoms with E-state index in [9.17, 15) is 5.11 Å². The lowest BCUT2D eigenvalue weighted by atomic mass is 9.86. The maximum absolute atomic E-state index is 10.0. The van der Waals surface area contributed by atoms with E-state index in [1.54, 1.807) is 13.4 Å². The molecule has 2 aliphatic rings. The van der Waals surface area contributed by atoms with Gasteiger partial charge >= 0.3 is 0 Å². The van der Waals surface area contributed by atoms with Crippen molar-refractivity contribution in [2.75, 3.05) is 13.7 Å². The lowest BCUT2D eigenvalue weighted by Crippen LogP contribution is -2.38. The summed E-state index contributed by atoms with van der Waals surface area (Å²) in [5.41, 5.74) is 3.77. The van der Waals surface area contributed by atoms with Crippen LogP contribution in [0.5, 0.6) is 11.5 Å². The van der Waals surface area contributed by atoms with E-state index >= 15 is 0 Å². The molecule has 0 fully saturated rings. The SMILES string of the molecule is COc1cc2c(cc1O)C1Cc3occc3CN1CC2. The van der Waals surface area contributed by atoms with E-state index in [0.29, 0.717) is 11.8 Å². The lowest BCUT2D eigenvalue weighted by molar-refractivity contribution is 0.151. The van der Waals surface area contributed by atoms with E-state index in [1.807, 2.05) is 12.1 Å². The van der Waals surface area contributed by atoms with Crippen LogP contribution in [-0.4, -0.2) is 23.7 Å². The largest absolute Gasteiger partial charge is 0.504 e. The summed E-state index contributed by atoms with van der Waals surface area (Å²) < 4.78 is 10.8. The van der Waals surface area contributed by atoms with Gasteiger partial charge in [0.25, 0.3) is 0 Å². The minimum atomic E-state index is 0.221. The van der Waals surface area contributed by atoms with Gasteiger partial charge in [-0.1, -0.05) is 0 Å². The van der Waals surface area contributed by atoms with Crippen molar-refractivity contribution in [3.05, 3.63) is 46.9 Å². The van der Waals surface area contributed by atoms with E-state index in [1.165, 1.54) is 16.7 Å². The third kappa shape index (κ3) is 1.64. The molecule has 4 nitrogen and oxygen atoms in total. The maximum Gasteiger partial charge on any atom is 0.160 e. The van der Waals surface area contributed by atoms with E-state index in [0.717, 1.165) is 31.7 Å². The molecule has 0 spiro atoms.